The molecule has 34 heavy (non-hydrogen) atoms. The molecule has 1 aromatic carbocycles. The Morgan fingerprint density at radius 1 is 1.12 bits per heavy atom. The van der Waals surface area contributed by atoms with Gasteiger partial charge in [-0.05, 0) is 47.8 Å². The zero-order valence-electron chi connectivity index (χ0n) is 19.9. The van der Waals surface area contributed by atoms with Crippen molar-refractivity contribution < 1.29 is 4.79 Å². The van der Waals surface area contributed by atoms with Crippen LogP contribution in [0.4, 0.5) is 0 Å². The van der Waals surface area contributed by atoms with E-state index >= 15 is 0 Å². The first-order valence-corrected chi connectivity index (χ1v) is 12.1. The predicted molar refractivity (Wildman–Crippen MR) is 133 cm³/mol. The van der Waals surface area contributed by atoms with E-state index in [0.29, 0.717) is 24.6 Å². The van der Waals surface area contributed by atoms with Gasteiger partial charge in [-0.2, -0.15) is 5.10 Å². The first-order valence-electron chi connectivity index (χ1n) is 12.1. The maximum Gasteiger partial charge on any atom is 0.269 e. The monoisotopic (exact) mass is 451 g/mol. The Hall–Kier alpha value is -3.54. The molecule has 4 aromatic rings. The van der Waals surface area contributed by atoms with Gasteiger partial charge in [0.05, 0.1) is 5.69 Å². The standard InChI is InChI=1S/C28H29N5O/c1-27(2)20-11-13-28(27,3)25-22(20)24(32-33-25)23-19-9-5-4-8-17(19)16-18(31-23)12-15-30-26(34)21-10-6-7-14-29-21/h4-10,14,16,20H,11-13,15H2,1-3H3,(H,30,34)(H,32,33). The van der Waals surface area contributed by atoms with Crippen LogP contribution >= 0.6 is 0 Å². The van der Waals surface area contributed by atoms with Gasteiger partial charge in [0, 0.05) is 46.9 Å². The van der Waals surface area contributed by atoms with E-state index in [1.807, 2.05) is 6.07 Å². The Morgan fingerprint density at radius 3 is 2.76 bits per heavy atom. The van der Waals surface area contributed by atoms with Crippen molar-refractivity contribution >= 4 is 16.7 Å². The number of aromatic amines is 1. The topological polar surface area (TPSA) is 83.6 Å². The number of H-pyrrole nitrogens is 1. The van der Waals surface area contributed by atoms with Gasteiger partial charge in [0.15, 0.2) is 0 Å². The third-order valence-electron chi connectivity index (χ3n) is 8.51. The van der Waals surface area contributed by atoms with Gasteiger partial charge < -0.3 is 5.32 Å². The summed E-state index contributed by atoms with van der Waals surface area (Å²) in [4.78, 5) is 21.6. The third-order valence-corrected chi connectivity index (χ3v) is 8.51. The number of aromatic nitrogens is 4. The highest BCUT2D eigenvalue weighted by atomic mass is 16.1. The lowest BCUT2D eigenvalue weighted by Crippen LogP contribution is -2.32. The zero-order chi connectivity index (χ0) is 23.5. The van der Waals surface area contributed by atoms with Gasteiger partial charge in [-0.15, -0.1) is 0 Å². The summed E-state index contributed by atoms with van der Waals surface area (Å²) >= 11 is 0. The van der Waals surface area contributed by atoms with E-state index in [0.717, 1.165) is 27.9 Å². The number of pyridine rings is 2. The molecule has 172 valence electrons. The van der Waals surface area contributed by atoms with E-state index in [-0.39, 0.29) is 16.7 Å². The SMILES string of the molecule is CC12CCC(c3c(-c4nc(CCNC(=O)c5ccccn5)cc5ccccc45)n[nH]c31)C2(C)C. The minimum atomic E-state index is -0.168. The summed E-state index contributed by atoms with van der Waals surface area (Å²) in [6.07, 6.45) is 4.65. The Balaban J connectivity index is 1.35. The van der Waals surface area contributed by atoms with Gasteiger partial charge in [-0.25, -0.2) is 0 Å². The van der Waals surface area contributed by atoms with Crippen molar-refractivity contribution in [3.63, 3.8) is 0 Å². The number of nitrogens with zero attached hydrogens (tertiary/aromatic N) is 3. The van der Waals surface area contributed by atoms with Crippen LogP contribution in [0.15, 0.2) is 54.7 Å². The van der Waals surface area contributed by atoms with E-state index < -0.39 is 0 Å². The van der Waals surface area contributed by atoms with E-state index in [9.17, 15) is 4.79 Å². The molecule has 2 aliphatic carbocycles. The van der Waals surface area contributed by atoms with E-state index in [4.69, 9.17) is 10.1 Å². The normalized spacial score (nSPS) is 22.1. The molecular formula is C28H29N5O. The zero-order valence-corrected chi connectivity index (χ0v) is 19.9. The van der Waals surface area contributed by atoms with Crippen molar-refractivity contribution in [2.75, 3.05) is 6.54 Å². The maximum atomic E-state index is 12.4. The molecule has 0 aliphatic heterocycles. The van der Waals surface area contributed by atoms with Crippen molar-refractivity contribution in [1.29, 1.82) is 0 Å². The minimum absolute atomic E-state index is 0.126. The average molecular weight is 452 g/mol. The molecule has 6 nitrogen and oxygen atoms in total. The lowest BCUT2D eigenvalue weighted by atomic mass is 9.70. The molecule has 1 amide bonds. The fourth-order valence-electron chi connectivity index (χ4n) is 6.20. The van der Waals surface area contributed by atoms with Crippen molar-refractivity contribution in [2.24, 2.45) is 5.41 Å². The summed E-state index contributed by atoms with van der Waals surface area (Å²) in [6, 6.07) is 15.8. The van der Waals surface area contributed by atoms with Crippen LogP contribution in [-0.4, -0.2) is 32.6 Å². The molecule has 0 radical (unpaired) electrons. The number of hydrogen-bond acceptors (Lipinski definition) is 4. The number of carbonyl (C=O) groups is 1. The molecular weight excluding hydrogens is 422 g/mol. The second kappa shape index (κ2) is 7.49. The number of amides is 1. The first-order chi connectivity index (χ1) is 16.4. The number of benzene rings is 1. The van der Waals surface area contributed by atoms with E-state index in [1.165, 1.54) is 24.1 Å². The predicted octanol–water partition coefficient (Wildman–Crippen LogP) is 5.17. The number of fused-ring (bicyclic) bond motifs is 6. The maximum absolute atomic E-state index is 12.4. The average Bonchev–Trinajstić information content (AvgIpc) is 3.43. The summed E-state index contributed by atoms with van der Waals surface area (Å²) in [5.74, 6) is 0.321. The third kappa shape index (κ3) is 2.94. The summed E-state index contributed by atoms with van der Waals surface area (Å²) < 4.78 is 0. The second-order valence-electron chi connectivity index (χ2n) is 10.4. The molecule has 6 rings (SSSR count). The van der Waals surface area contributed by atoms with Crippen LogP contribution in [0.25, 0.3) is 22.2 Å². The molecule has 2 unspecified atom stereocenters. The molecule has 6 heteroatoms. The minimum Gasteiger partial charge on any atom is -0.350 e. The van der Waals surface area contributed by atoms with Gasteiger partial charge in [0.2, 0.25) is 0 Å². The van der Waals surface area contributed by atoms with Crippen LogP contribution in [0.3, 0.4) is 0 Å². The Labute approximate surface area is 199 Å². The largest absolute Gasteiger partial charge is 0.350 e. The number of hydrogen-bond donors (Lipinski definition) is 2. The Bertz CT molecular complexity index is 1410. The first kappa shape index (κ1) is 21.0. The van der Waals surface area contributed by atoms with Crippen molar-refractivity contribution in [3.8, 4) is 11.4 Å². The van der Waals surface area contributed by atoms with Crippen LogP contribution in [-0.2, 0) is 11.8 Å². The van der Waals surface area contributed by atoms with Crippen LogP contribution in [0.1, 0.15) is 67.0 Å². The summed E-state index contributed by atoms with van der Waals surface area (Å²) in [5, 5.41) is 13.5. The summed E-state index contributed by atoms with van der Waals surface area (Å²) in [6.45, 7) is 7.67. The Kier molecular flexibility index (Phi) is 4.63. The number of carbonyl (C=O) groups excluding carboxylic acids is 1. The van der Waals surface area contributed by atoms with Gasteiger partial charge in [0.1, 0.15) is 11.4 Å². The fraction of sp³-hybridized carbons (Fsp3) is 0.357. The summed E-state index contributed by atoms with van der Waals surface area (Å²) in [5.41, 5.74) is 6.28. The molecule has 2 bridgehead atoms. The van der Waals surface area contributed by atoms with Crippen molar-refractivity contribution in [3.05, 3.63) is 77.4 Å². The van der Waals surface area contributed by atoms with Crippen LogP contribution < -0.4 is 5.32 Å². The molecule has 1 saturated carbocycles. The van der Waals surface area contributed by atoms with Crippen molar-refractivity contribution in [2.45, 2.75) is 51.4 Å². The highest BCUT2D eigenvalue weighted by Gasteiger charge is 2.61. The quantitative estimate of drug-likeness (QED) is 0.439. The smallest absolute Gasteiger partial charge is 0.269 e. The molecule has 2 atom stereocenters. The highest BCUT2D eigenvalue weighted by Crippen LogP contribution is 2.68. The van der Waals surface area contributed by atoms with Crippen LogP contribution in [0.2, 0.25) is 0 Å². The lowest BCUT2D eigenvalue weighted by Gasteiger charge is -2.34. The van der Waals surface area contributed by atoms with Crippen LogP contribution in [0.5, 0.6) is 0 Å². The van der Waals surface area contributed by atoms with Gasteiger partial charge in [-0.1, -0.05) is 51.1 Å². The van der Waals surface area contributed by atoms with Gasteiger partial charge >= 0.3 is 0 Å². The molecule has 3 heterocycles. The van der Waals surface area contributed by atoms with Gasteiger partial charge in [-0.3, -0.25) is 19.9 Å². The Morgan fingerprint density at radius 2 is 1.94 bits per heavy atom. The molecule has 2 N–H and O–H groups in total. The molecule has 2 aliphatic rings. The van der Waals surface area contributed by atoms with E-state index in [2.05, 4.69) is 66.5 Å². The second-order valence-corrected chi connectivity index (χ2v) is 10.4. The molecule has 0 spiro atoms. The van der Waals surface area contributed by atoms with Crippen LogP contribution in [0, 0.1) is 5.41 Å². The molecule has 0 saturated heterocycles. The van der Waals surface area contributed by atoms with Gasteiger partial charge in [0.25, 0.3) is 5.91 Å². The number of rotatable bonds is 5. The highest BCUT2D eigenvalue weighted by molar-refractivity contribution is 5.95. The molecule has 3 aromatic heterocycles. The lowest BCUT2D eigenvalue weighted by molar-refractivity contribution is 0.0949. The number of nitrogens with one attached hydrogen (secondary N) is 2. The summed E-state index contributed by atoms with van der Waals surface area (Å²) in [7, 11) is 0. The molecule has 1 fully saturated rings. The van der Waals surface area contributed by atoms with Crippen molar-refractivity contribution in [1.82, 2.24) is 25.5 Å². The van der Waals surface area contributed by atoms with E-state index in [1.54, 1.807) is 18.3 Å². The fourth-order valence-corrected chi connectivity index (χ4v) is 6.20.